The number of nitrogens with zero attached hydrogens (tertiary/aromatic N) is 2. The Labute approximate surface area is 381 Å². The number of hydrogen-bond donors (Lipinski definition) is 0. The SMILES string of the molecule is [2H]c1c([2H])c([2H])c(-c2c([2H])c([2H])c(N(c3c([2H])c([2H])c(-c4c([2H])c([2H])c([2H])c5c([2H])c([2H])c([2H])c([2H])c45)c([2H])c3[2H])c3ccc(-c4ccc(-n5c6ccccc6c6ccccc65)cc4)c4oc5ccccc5c34)c([2H])c2[2H])c([2H])c1[2H]. The van der Waals surface area contributed by atoms with Crippen molar-refractivity contribution in [3.8, 4) is 39.1 Å². The number of hydrogen-bond acceptors (Lipinski definition) is 2. The second-order valence-corrected chi connectivity index (χ2v) is 14.1. The van der Waals surface area contributed by atoms with Crippen LogP contribution >= 0.6 is 0 Å². The van der Waals surface area contributed by atoms with Gasteiger partial charge in [-0.15, -0.1) is 0 Å². The Balaban J connectivity index is 1.16. The summed E-state index contributed by atoms with van der Waals surface area (Å²) in [5.74, 6) is 0. The van der Waals surface area contributed by atoms with E-state index in [1.807, 2.05) is 60.7 Å². The lowest BCUT2D eigenvalue weighted by molar-refractivity contribution is 0.670. The first-order valence-electron chi connectivity index (χ1n) is 29.2. The summed E-state index contributed by atoms with van der Waals surface area (Å²) in [6, 6.07) is 17.1. The van der Waals surface area contributed by atoms with Crippen molar-refractivity contribution in [2.24, 2.45) is 0 Å². The monoisotopic (exact) mass is 798 g/mol. The number of rotatable bonds is 7. The third kappa shape index (κ3) is 5.82. The highest BCUT2D eigenvalue weighted by molar-refractivity contribution is 6.17. The van der Waals surface area contributed by atoms with Gasteiger partial charge in [-0.1, -0.05) is 163 Å². The first kappa shape index (κ1) is 20.2. The van der Waals surface area contributed by atoms with E-state index in [0.29, 0.717) is 22.1 Å². The molecule has 0 N–H and O–H groups in total. The van der Waals surface area contributed by atoms with Crippen molar-refractivity contribution < 1.29 is 31.8 Å². The first-order chi connectivity index (χ1) is 38.6. The molecule has 61 heavy (non-hydrogen) atoms. The van der Waals surface area contributed by atoms with Crippen LogP contribution in [0.3, 0.4) is 0 Å². The van der Waals surface area contributed by atoms with E-state index in [0.717, 1.165) is 32.4 Å². The number of anilines is 3. The van der Waals surface area contributed by atoms with Crippen LogP contribution in [-0.4, -0.2) is 4.57 Å². The van der Waals surface area contributed by atoms with Gasteiger partial charge in [0, 0.05) is 38.8 Å². The number of fused-ring (bicyclic) bond motifs is 7. The first-order valence-corrected chi connectivity index (χ1v) is 19.2. The van der Waals surface area contributed by atoms with Gasteiger partial charge >= 0.3 is 0 Å². The minimum atomic E-state index is -0.922. The Morgan fingerprint density at radius 2 is 1.00 bits per heavy atom. The van der Waals surface area contributed by atoms with E-state index in [-0.39, 0.29) is 16.7 Å². The van der Waals surface area contributed by atoms with Gasteiger partial charge in [0.05, 0.1) is 49.5 Å². The van der Waals surface area contributed by atoms with Gasteiger partial charge in [-0.05, 0) is 105 Å². The molecule has 0 aliphatic rings. The zero-order valence-electron chi connectivity index (χ0n) is 51.7. The number of benzene rings is 10. The van der Waals surface area contributed by atoms with Gasteiger partial charge in [-0.25, -0.2) is 0 Å². The second-order valence-electron chi connectivity index (χ2n) is 14.1. The van der Waals surface area contributed by atoms with Gasteiger partial charge in [0.25, 0.3) is 0 Å². The number of para-hydroxylation sites is 3. The second kappa shape index (κ2) is 14.3. The average Bonchev–Trinajstić information content (AvgIpc) is 4.11. The zero-order chi connectivity index (χ0) is 57.7. The molecule has 3 nitrogen and oxygen atoms in total. The van der Waals surface area contributed by atoms with Gasteiger partial charge in [0.2, 0.25) is 0 Å². The smallest absolute Gasteiger partial charge is 0.145 e. The number of aromatic nitrogens is 1. The fourth-order valence-electron chi connectivity index (χ4n) is 8.03. The van der Waals surface area contributed by atoms with Gasteiger partial charge in [0.1, 0.15) is 11.2 Å². The molecule has 286 valence electrons. The summed E-state index contributed by atoms with van der Waals surface area (Å²) < 4.78 is 190. The highest BCUT2D eigenvalue weighted by Crippen LogP contribution is 2.47. The lowest BCUT2D eigenvalue weighted by Crippen LogP contribution is -2.10. The van der Waals surface area contributed by atoms with E-state index in [4.69, 9.17) is 20.9 Å². The molecule has 3 heteroatoms. The standard InChI is InChI=1S/C58H38N2O/c1-2-13-39(14-3-1)40-25-31-44(32-26-40)59(45-33-27-42(28-34-45)48-21-12-16-41-15-4-5-17-47(41)48)55-38-37-49(58-57(55)52-20-8-11-24-56(52)61-58)43-29-35-46(36-30-43)60-53-22-9-6-18-50(53)51-19-7-10-23-54(51)60/h1-38H/i1D,2D,3D,4D,5D,12D,13D,14D,15D,16D,17D,21D,25D,26D,27D,28D,31D,32D,33D,34D. The Morgan fingerprint density at radius 1 is 0.410 bits per heavy atom. The molecule has 2 aromatic heterocycles. The van der Waals surface area contributed by atoms with Gasteiger partial charge in [0.15, 0.2) is 0 Å². The van der Waals surface area contributed by atoms with Crippen LogP contribution in [0.1, 0.15) is 27.4 Å². The maximum absolute atomic E-state index is 9.86. The maximum Gasteiger partial charge on any atom is 0.145 e. The molecule has 0 radical (unpaired) electrons. The fourth-order valence-corrected chi connectivity index (χ4v) is 8.03. The minimum absolute atomic E-state index is 0.0572. The lowest BCUT2D eigenvalue weighted by Gasteiger charge is -2.27. The van der Waals surface area contributed by atoms with E-state index in [1.165, 1.54) is 6.07 Å². The van der Waals surface area contributed by atoms with Crippen molar-refractivity contribution in [3.05, 3.63) is 230 Å². The van der Waals surface area contributed by atoms with E-state index in [1.54, 1.807) is 30.3 Å². The lowest BCUT2D eigenvalue weighted by atomic mass is 9.97. The van der Waals surface area contributed by atoms with Crippen LogP contribution in [0.25, 0.3) is 93.6 Å². The van der Waals surface area contributed by atoms with E-state index >= 15 is 0 Å². The Bertz CT molecular complexity index is 4630. The summed E-state index contributed by atoms with van der Waals surface area (Å²) in [4.78, 5) is 1.01. The van der Waals surface area contributed by atoms with E-state index in [2.05, 4.69) is 16.7 Å². The molecule has 0 aliphatic heterocycles. The van der Waals surface area contributed by atoms with Crippen LogP contribution in [0.15, 0.2) is 234 Å². The summed E-state index contributed by atoms with van der Waals surface area (Å²) in [6.07, 6.45) is 0. The molecule has 0 fully saturated rings. The molecule has 0 aliphatic carbocycles. The van der Waals surface area contributed by atoms with Gasteiger partial charge in [-0.3, -0.25) is 0 Å². The summed E-state index contributed by atoms with van der Waals surface area (Å²) in [6.45, 7) is 0. The van der Waals surface area contributed by atoms with Crippen molar-refractivity contribution in [1.82, 2.24) is 4.57 Å². The van der Waals surface area contributed by atoms with Crippen molar-refractivity contribution in [2.45, 2.75) is 0 Å². The van der Waals surface area contributed by atoms with Crippen LogP contribution in [0, 0.1) is 0 Å². The molecular formula is C58H38N2O. The summed E-state index contributed by atoms with van der Waals surface area (Å²) in [5, 5.41) is 1.79. The highest BCUT2D eigenvalue weighted by atomic mass is 16.3. The Kier molecular flexibility index (Phi) is 4.74. The van der Waals surface area contributed by atoms with Crippen LogP contribution < -0.4 is 4.90 Å². The number of furan rings is 1. The van der Waals surface area contributed by atoms with Crippen LogP contribution in [0.4, 0.5) is 17.1 Å². The largest absolute Gasteiger partial charge is 0.455 e. The predicted octanol–water partition coefficient (Wildman–Crippen LogP) is 16.3. The van der Waals surface area contributed by atoms with Crippen molar-refractivity contribution in [3.63, 3.8) is 0 Å². The molecule has 2 heterocycles. The van der Waals surface area contributed by atoms with Crippen molar-refractivity contribution >= 4 is 71.6 Å². The molecule has 0 saturated carbocycles. The molecule has 12 rings (SSSR count). The molecule has 10 aromatic carbocycles. The Hall–Kier alpha value is -8.14. The summed E-state index contributed by atoms with van der Waals surface area (Å²) in [5.41, 5.74) is 0.556. The fraction of sp³-hybridized carbons (Fsp3) is 0. The van der Waals surface area contributed by atoms with Crippen LogP contribution in [0.2, 0.25) is 0 Å². The molecule has 0 unspecified atom stereocenters. The van der Waals surface area contributed by atoms with Gasteiger partial charge < -0.3 is 13.9 Å². The minimum Gasteiger partial charge on any atom is -0.455 e. The van der Waals surface area contributed by atoms with Crippen LogP contribution in [-0.2, 0) is 0 Å². The van der Waals surface area contributed by atoms with Gasteiger partial charge in [-0.2, -0.15) is 0 Å². The van der Waals surface area contributed by atoms with E-state index in [9.17, 15) is 11.0 Å². The maximum atomic E-state index is 9.86. The molecular weight excluding hydrogens is 741 g/mol. The van der Waals surface area contributed by atoms with Crippen molar-refractivity contribution in [2.75, 3.05) is 4.90 Å². The third-order valence-electron chi connectivity index (χ3n) is 10.7. The molecule has 0 saturated heterocycles. The molecule has 0 spiro atoms. The average molecular weight is 799 g/mol. The van der Waals surface area contributed by atoms with E-state index < -0.39 is 165 Å². The summed E-state index contributed by atoms with van der Waals surface area (Å²) in [7, 11) is 0. The third-order valence-corrected chi connectivity index (χ3v) is 10.7. The quantitative estimate of drug-likeness (QED) is 0.160. The Morgan fingerprint density at radius 3 is 1.72 bits per heavy atom. The molecule has 0 atom stereocenters. The van der Waals surface area contributed by atoms with Crippen LogP contribution in [0.5, 0.6) is 0 Å². The topological polar surface area (TPSA) is 21.3 Å². The molecule has 0 bridgehead atoms. The summed E-state index contributed by atoms with van der Waals surface area (Å²) >= 11 is 0. The molecule has 0 amide bonds. The predicted molar refractivity (Wildman–Crippen MR) is 257 cm³/mol. The van der Waals surface area contributed by atoms with Crippen molar-refractivity contribution in [1.29, 1.82) is 0 Å². The molecule has 12 aromatic rings. The highest BCUT2D eigenvalue weighted by Gasteiger charge is 2.23. The zero-order valence-corrected chi connectivity index (χ0v) is 31.7. The normalized spacial score (nSPS) is 16.2.